The van der Waals surface area contributed by atoms with Crippen LogP contribution in [0.1, 0.15) is 19.4 Å². The van der Waals surface area contributed by atoms with Gasteiger partial charge in [0, 0.05) is 11.4 Å². The van der Waals surface area contributed by atoms with Gasteiger partial charge in [-0.15, -0.1) is 11.8 Å². The van der Waals surface area contributed by atoms with E-state index in [9.17, 15) is 14.0 Å². The maximum Gasteiger partial charge on any atom is 0.319 e. The van der Waals surface area contributed by atoms with Gasteiger partial charge in [0.25, 0.3) is 5.91 Å². The Kier molecular flexibility index (Phi) is 7.01. The number of hydrogen-bond acceptors (Lipinski definition) is 4. The standard InChI is InChI=1S/C19H20FNO3S/c1-13(18(22)21-12-15-8-10-16(20)11-9-15)24-19(23)14(2)25-17-6-4-3-5-7-17/h3-11,13-14H,12H2,1-2H3,(H,21,22)/t13-,14-/m1/s1. The van der Waals surface area contributed by atoms with Crippen LogP contribution in [0.15, 0.2) is 59.5 Å². The summed E-state index contributed by atoms with van der Waals surface area (Å²) in [5.41, 5.74) is 0.765. The smallest absolute Gasteiger partial charge is 0.319 e. The molecule has 4 nitrogen and oxygen atoms in total. The lowest BCUT2D eigenvalue weighted by atomic mass is 10.2. The number of esters is 1. The van der Waals surface area contributed by atoms with Crippen molar-refractivity contribution in [2.45, 2.75) is 36.6 Å². The lowest BCUT2D eigenvalue weighted by Gasteiger charge is -2.16. The van der Waals surface area contributed by atoms with Crippen molar-refractivity contribution in [3.8, 4) is 0 Å². The number of nitrogens with one attached hydrogen (secondary N) is 1. The van der Waals surface area contributed by atoms with Crippen molar-refractivity contribution in [3.63, 3.8) is 0 Å². The summed E-state index contributed by atoms with van der Waals surface area (Å²) in [7, 11) is 0. The number of rotatable bonds is 7. The average Bonchev–Trinajstić information content (AvgIpc) is 2.61. The van der Waals surface area contributed by atoms with Crippen molar-refractivity contribution < 1.29 is 18.7 Å². The zero-order valence-corrected chi connectivity index (χ0v) is 14.9. The summed E-state index contributed by atoms with van der Waals surface area (Å²) in [5, 5.41) is 2.25. The number of carbonyl (C=O) groups excluding carboxylic acids is 2. The van der Waals surface area contributed by atoms with Gasteiger partial charge in [-0.05, 0) is 43.7 Å². The number of thioether (sulfide) groups is 1. The van der Waals surface area contributed by atoms with Crippen LogP contribution in [0.25, 0.3) is 0 Å². The maximum atomic E-state index is 12.8. The van der Waals surface area contributed by atoms with Gasteiger partial charge in [-0.3, -0.25) is 9.59 Å². The number of benzene rings is 2. The zero-order chi connectivity index (χ0) is 18.2. The summed E-state index contributed by atoms with van der Waals surface area (Å²) in [6.07, 6.45) is -0.897. The van der Waals surface area contributed by atoms with Gasteiger partial charge in [0.2, 0.25) is 0 Å². The van der Waals surface area contributed by atoms with Crippen molar-refractivity contribution in [2.75, 3.05) is 0 Å². The third kappa shape index (κ3) is 6.23. The molecule has 0 heterocycles. The molecule has 1 amide bonds. The van der Waals surface area contributed by atoms with E-state index < -0.39 is 23.2 Å². The molecule has 2 aromatic carbocycles. The summed E-state index contributed by atoms with van der Waals surface area (Å²) in [5.74, 6) is -1.17. The number of amides is 1. The van der Waals surface area contributed by atoms with E-state index in [1.54, 1.807) is 19.1 Å². The van der Waals surface area contributed by atoms with E-state index >= 15 is 0 Å². The first-order chi connectivity index (χ1) is 12.0. The predicted molar refractivity (Wildman–Crippen MR) is 95.6 cm³/mol. The molecule has 0 spiro atoms. The largest absolute Gasteiger partial charge is 0.452 e. The van der Waals surface area contributed by atoms with Gasteiger partial charge >= 0.3 is 5.97 Å². The van der Waals surface area contributed by atoms with E-state index in [0.29, 0.717) is 0 Å². The number of ether oxygens (including phenoxy) is 1. The quantitative estimate of drug-likeness (QED) is 0.605. The van der Waals surface area contributed by atoms with Gasteiger partial charge in [-0.25, -0.2) is 4.39 Å². The van der Waals surface area contributed by atoms with Crippen molar-refractivity contribution in [3.05, 3.63) is 66.0 Å². The molecular formula is C19H20FNO3S. The van der Waals surface area contributed by atoms with Crippen molar-refractivity contribution in [1.29, 1.82) is 0 Å². The van der Waals surface area contributed by atoms with E-state index in [-0.39, 0.29) is 12.4 Å². The van der Waals surface area contributed by atoms with Crippen LogP contribution < -0.4 is 5.32 Å². The summed E-state index contributed by atoms with van der Waals surface area (Å²) in [6.45, 7) is 3.51. The van der Waals surface area contributed by atoms with Crippen molar-refractivity contribution in [2.24, 2.45) is 0 Å². The van der Waals surface area contributed by atoms with Gasteiger partial charge in [-0.2, -0.15) is 0 Å². The van der Waals surface area contributed by atoms with Crippen LogP contribution in [-0.2, 0) is 20.9 Å². The Morgan fingerprint density at radius 2 is 1.72 bits per heavy atom. The minimum atomic E-state index is -0.897. The molecule has 0 unspecified atom stereocenters. The van der Waals surface area contributed by atoms with Gasteiger partial charge in [0.1, 0.15) is 11.1 Å². The van der Waals surface area contributed by atoms with Gasteiger partial charge in [0.15, 0.2) is 6.10 Å². The molecule has 0 radical (unpaired) electrons. The van der Waals surface area contributed by atoms with E-state index in [2.05, 4.69) is 5.32 Å². The predicted octanol–water partition coefficient (Wildman–Crippen LogP) is 3.55. The Balaban J connectivity index is 1.79. The fourth-order valence-corrected chi connectivity index (χ4v) is 2.88. The number of hydrogen-bond donors (Lipinski definition) is 1. The third-order valence-electron chi connectivity index (χ3n) is 3.43. The summed E-state index contributed by atoms with van der Waals surface area (Å²) >= 11 is 1.38. The highest BCUT2D eigenvalue weighted by molar-refractivity contribution is 8.00. The summed E-state index contributed by atoms with van der Waals surface area (Å²) < 4.78 is 18.1. The fourth-order valence-electron chi connectivity index (χ4n) is 2.01. The molecule has 2 rings (SSSR count). The van der Waals surface area contributed by atoms with Crippen LogP contribution in [0.2, 0.25) is 0 Å². The average molecular weight is 361 g/mol. The van der Waals surface area contributed by atoms with Crippen LogP contribution in [0, 0.1) is 5.82 Å². The van der Waals surface area contributed by atoms with Crippen LogP contribution in [-0.4, -0.2) is 23.2 Å². The van der Waals surface area contributed by atoms with Crippen LogP contribution in [0.4, 0.5) is 4.39 Å². The molecule has 2 aromatic rings. The maximum absolute atomic E-state index is 12.8. The Morgan fingerprint density at radius 1 is 1.08 bits per heavy atom. The second-order valence-corrected chi connectivity index (χ2v) is 6.91. The molecule has 0 saturated heterocycles. The van der Waals surface area contributed by atoms with Gasteiger partial charge in [-0.1, -0.05) is 30.3 Å². The highest BCUT2D eigenvalue weighted by Gasteiger charge is 2.22. The monoisotopic (exact) mass is 361 g/mol. The normalized spacial score (nSPS) is 12.9. The van der Waals surface area contributed by atoms with Crippen LogP contribution in [0.5, 0.6) is 0 Å². The van der Waals surface area contributed by atoms with E-state index in [1.165, 1.54) is 30.8 Å². The van der Waals surface area contributed by atoms with E-state index in [4.69, 9.17) is 4.74 Å². The fraction of sp³-hybridized carbons (Fsp3) is 0.263. The SMILES string of the molecule is C[C@@H](OC(=O)[C@@H](C)Sc1ccccc1)C(=O)NCc1ccc(F)cc1. The molecule has 0 aliphatic heterocycles. The van der Waals surface area contributed by atoms with E-state index in [0.717, 1.165) is 10.5 Å². The van der Waals surface area contributed by atoms with Crippen LogP contribution in [0.3, 0.4) is 0 Å². The highest BCUT2D eigenvalue weighted by Crippen LogP contribution is 2.23. The van der Waals surface area contributed by atoms with Gasteiger partial charge in [0.05, 0.1) is 0 Å². The Labute approximate surface area is 150 Å². The van der Waals surface area contributed by atoms with Gasteiger partial charge < -0.3 is 10.1 Å². The molecule has 0 aromatic heterocycles. The topological polar surface area (TPSA) is 55.4 Å². The minimum absolute atomic E-state index is 0.245. The molecule has 6 heteroatoms. The Hall–Kier alpha value is -2.34. The van der Waals surface area contributed by atoms with E-state index in [1.807, 2.05) is 30.3 Å². The molecular weight excluding hydrogens is 341 g/mol. The molecule has 0 fully saturated rings. The molecule has 0 saturated carbocycles. The lowest BCUT2D eigenvalue weighted by molar-refractivity contribution is -0.154. The first-order valence-corrected chi connectivity index (χ1v) is 8.78. The second-order valence-electron chi connectivity index (χ2n) is 5.50. The van der Waals surface area contributed by atoms with Crippen molar-refractivity contribution >= 4 is 23.6 Å². The molecule has 1 N–H and O–H groups in total. The third-order valence-corrected chi connectivity index (χ3v) is 4.52. The highest BCUT2D eigenvalue weighted by atomic mass is 32.2. The van der Waals surface area contributed by atoms with Crippen molar-refractivity contribution in [1.82, 2.24) is 5.32 Å². The minimum Gasteiger partial charge on any atom is -0.452 e. The molecule has 0 bridgehead atoms. The molecule has 25 heavy (non-hydrogen) atoms. The lowest BCUT2D eigenvalue weighted by Crippen LogP contribution is -2.36. The Bertz CT molecular complexity index is 706. The molecule has 0 aliphatic carbocycles. The zero-order valence-electron chi connectivity index (χ0n) is 14.1. The number of halogens is 1. The van der Waals surface area contributed by atoms with Crippen LogP contribution >= 0.6 is 11.8 Å². The molecule has 0 aliphatic rings. The first kappa shape index (κ1) is 19.0. The summed E-state index contributed by atoms with van der Waals surface area (Å²) in [4.78, 5) is 25.1. The number of carbonyl (C=O) groups is 2. The first-order valence-electron chi connectivity index (χ1n) is 7.90. The Morgan fingerprint density at radius 3 is 2.36 bits per heavy atom. The molecule has 2 atom stereocenters. The molecule has 132 valence electrons. The summed E-state index contributed by atoms with van der Waals surface area (Å²) in [6, 6.07) is 15.3. The second kappa shape index (κ2) is 9.22.